The molecular formula is C8H6ClN3. The van der Waals surface area contributed by atoms with Crippen molar-refractivity contribution in [2.75, 3.05) is 0 Å². The Balaban J connectivity index is 0.000000720. The zero-order valence-electron chi connectivity index (χ0n) is 6.11. The Bertz CT molecular complexity index is 427. The van der Waals surface area contributed by atoms with Gasteiger partial charge in [0.25, 0.3) is 0 Å². The minimum absolute atomic E-state index is 0. The number of imidazole rings is 1. The van der Waals surface area contributed by atoms with Crippen LogP contribution in [0.5, 0.6) is 0 Å². The molecule has 12 heavy (non-hydrogen) atoms. The van der Waals surface area contributed by atoms with Crippen LogP contribution < -0.4 is 0 Å². The summed E-state index contributed by atoms with van der Waals surface area (Å²) >= 11 is 0. The number of hydrogen-bond acceptors (Lipinski definition) is 2. The number of hydrogen-bond donors (Lipinski definition) is 1. The second kappa shape index (κ2) is 3.24. The van der Waals surface area contributed by atoms with E-state index in [1.165, 1.54) is 0 Å². The first-order valence-corrected chi connectivity index (χ1v) is 3.23. The zero-order valence-corrected chi connectivity index (χ0v) is 6.93. The number of aromatic nitrogens is 2. The van der Waals surface area contributed by atoms with Crippen molar-refractivity contribution in [2.24, 2.45) is 0 Å². The van der Waals surface area contributed by atoms with Crippen molar-refractivity contribution in [1.82, 2.24) is 9.97 Å². The van der Waals surface area contributed by atoms with Gasteiger partial charge in [-0.05, 0) is 18.2 Å². The monoisotopic (exact) mass is 179 g/mol. The van der Waals surface area contributed by atoms with E-state index >= 15 is 0 Å². The molecule has 3 nitrogen and oxygen atoms in total. The average molecular weight is 180 g/mol. The van der Waals surface area contributed by atoms with Crippen LogP contribution in [0.25, 0.3) is 11.0 Å². The standard InChI is InChI=1S/C8H5N3.ClH/c9-4-6-1-2-7-8(3-6)11-5-10-7;/h1-3,5H,(H,10,11);1H. The summed E-state index contributed by atoms with van der Waals surface area (Å²) in [7, 11) is 0. The fourth-order valence-corrected chi connectivity index (χ4v) is 1.01. The molecule has 0 unspecified atom stereocenters. The number of rotatable bonds is 0. The molecule has 1 heterocycles. The van der Waals surface area contributed by atoms with Crippen LogP contribution in [0, 0.1) is 11.3 Å². The average Bonchev–Trinajstić information content (AvgIpc) is 2.50. The summed E-state index contributed by atoms with van der Waals surface area (Å²) in [6.07, 6.45) is 1.62. The van der Waals surface area contributed by atoms with Gasteiger partial charge in [0.15, 0.2) is 0 Å². The zero-order chi connectivity index (χ0) is 7.68. The quantitative estimate of drug-likeness (QED) is 0.671. The van der Waals surface area contributed by atoms with Crippen LogP contribution in [-0.2, 0) is 0 Å². The van der Waals surface area contributed by atoms with Gasteiger partial charge in [0.05, 0.1) is 29.0 Å². The molecule has 0 aliphatic rings. The molecule has 1 N–H and O–H groups in total. The van der Waals surface area contributed by atoms with Gasteiger partial charge in [-0.3, -0.25) is 0 Å². The Kier molecular flexibility index (Phi) is 2.32. The van der Waals surface area contributed by atoms with E-state index in [0.717, 1.165) is 11.0 Å². The van der Waals surface area contributed by atoms with Crippen LogP contribution in [0.4, 0.5) is 0 Å². The Hall–Kier alpha value is -1.53. The highest BCUT2D eigenvalue weighted by molar-refractivity contribution is 5.85. The third-order valence-electron chi connectivity index (χ3n) is 1.55. The van der Waals surface area contributed by atoms with E-state index in [9.17, 15) is 0 Å². The van der Waals surface area contributed by atoms with Gasteiger partial charge in [0, 0.05) is 0 Å². The van der Waals surface area contributed by atoms with Crippen molar-refractivity contribution in [2.45, 2.75) is 0 Å². The van der Waals surface area contributed by atoms with E-state index in [4.69, 9.17) is 5.26 Å². The minimum atomic E-state index is 0. The summed E-state index contributed by atoms with van der Waals surface area (Å²) in [6.45, 7) is 0. The third-order valence-corrected chi connectivity index (χ3v) is 1.55. The highest BCUT2D eigenvalue weighted by atomic mass is 35.5. The molecule has 60 valence electrons. The summed E-state index contributed by atoms with van der Waals surface area (Å²) in [5.41, 5.74) is 2.45. The Morgan fingerprint density at radius 3 is 3.00 bits per heavy atom. The van der Waals surface area contributed by atoms with Crippen molar-refractivity contribution in [3.8, 4) is 6.07 Å². The lowest BCUT2D eigenvalue weighted by atomic mass is 10.2. The molecule has 0 saturated carbocycles. The van der Waals surface area contributed by atoms with Crippen LogP contribution >= 0.6 is 12.4 Å². The number of aromatic amines is 1. The number of benzene rings is 1. The molecule has 2 rings (SSSR count). The number of H-pyrrole nitrogens is 1. The molecule has 0 saturated heterocycles. The first-order chi connectivity index (χ1) is 5.40. The lowest BCUT2D eigenvalue weighted by molar-refractivity contribution is 1.34. The van der Waals surface area contributed by atoms with Gasteiger partial charge in [-0.2, -0.15) is 5.26 Å². The van der Waals surface area contributed by atoms with Gasteiger partial charge >= 0.3 is 0 Å². The first kappa shape index (κ1) is 8.57. The van der Waals surface area contributed by atoms with Crippen LogP contribution in [0.3, 0.4) is 0 Å². The van der Waals surface area contributed by atoms with Gasteiger partial charge in [0.2, 0.25) is 0 Å². The summed E-state index contributed by atoms with van der Waals surface area (Å²) < 4.78 is 0. The van der Waals surface area contributed by atoms with Crippen molar-refractivity contribution in [3.63, 3.8) is 0 Å². The molecule has 0 spiro atoms. The minimum Gasteiger partial charge on any atom is -0.345 e. The molecule has 1 aromatic heterocycles. The normalized spacial score (nSPS) is 8.92. The lowest BCUT2D eigenvalue weighted by Crippen LogP contribution is -1.73. The largest absolute Gasteiger partial charge is 0.345 e. The summed E-state index contributed by atoms with van der Waals surface area (Å²) in [5.74, 6) is 0. The molecule has 0 bridgehead atoms. The number of fused-ring (bicyclic) bond motifs is 1. The molecule has 0 aliphatic heterocycles. The maximum Gasteiger partial charge on any atom is 0.0992 e. The van der Waals surface area contributed by atoms with Crippen molar-refractivity contribution < 1.29 is 0 Å². The number of nitrogens with zero attached hydrogens (tertiary/aromatic N) is 2. The molecule has 0 radical (unpaired) electrons. The third kappa shape index (κ3) is 1.25. The Labute approximate surface area is 75.5 Å². The van der Waals surface area contributed by atoms with E-state index in [1.807, 2.05) is 6.07 Å². The van der Waals surface area contributed by atoms with Gasteiger partial charge in [0.1, 0.15) is 0 Å². The van der Waals surface area contributed by atoms with E-state index in [2.05, 4.69) is 16.0 Å². The van der Waals surface area contributed by atoms with Crippen LogP contribution in [0.2, 0.25) is 0 Å². The second-order valence-electron chi connectivity index (χ2n) is 2.25. The molecule has 0 aliphatic carbocycles. The van der Waals surface area contributed by atoms with E-state index in [-0.39, 0.29) is 12.4 Å². The Morgan fingerprint density at radius 1 is 1.42 bits per heavy atom. The van der Waals surface area contributed by atoms with E-state index in [0.29, 0.717) is 5.56 Å². The van der Waals surface area contributed by atoms with Gasteiger partial charge in [-0.25, -0.2) is 4.98 Å². The number of nitriles is 1. The van der Waals surface area contributed by atoms with Gasteiger partial charge in [-0.15, -0.1) is 12.4 Å². The molecule has 0 atom stereocenters. The van der Waals surface area contributed by atoms with Crippen molar-refractivity contribution in [1.29, 1.82) is 5.26 Å². The van der Waals surface area contributed by atoms with Gasteiger partial charge in [-0.1, -0.05) is 0 Å². The predicted molar refractivity (Wildman–Crippen MR) is 48.1 cm³/mol. The molecule has 2 aromatic rings. The highest BCUT2D eigenvalue weighted by Gasteiger charge is 1.95. The molecule has 1 aromatic carbocycles. The van der Waals surface area contributed by atoms with Crippen LogP contribution in [0.15, 0.2) is 24.5 Å². The van der Waals surface area contributed by atoms with Crippen LogP contribution in [0.1, 0.15) is 5.56 Å². The SMILES string of the molecule is Cl.N#Cc1ccc2nc[nH]c2c1. The summed E-state index contributed by atoms with van der Waals surface area (Å²) in [5, 5.41) is 8.55. The highest BCUT2D eigenvalue weighted by Crippen LogP contribution is 2.09. The van der Waals surface area contributed by atoms with Crippen molar-refractivity contribution in [3.05, 3.63) is 30.1 Å². The molecule has 0 fully saturated rings. The maximum absolute atomic E-state index is 8.55. The molecular weight excluding hydrogens is 174 g/mol. The maximum atomic E-state index is 8.55. The summed E-state index contributed by atoms with van der Waals surface area (Å²) in [6, 6.07) is 7.42. The predicted octanol–water partition coefficient (Wildman–Crippen LogP) is 1.86. The van der Waals surface area contributed by atoms with E-state index in [1.54, 1.807) is 18.5 Å². The first-order valence-electron chi connectivity index (χ1n) is 3.23. The number of halogens is 1. The number of nitrogens with one attached hydrogen (secondary N) is 1. The fraction of sp³-hybridized carbons (Fsp3) is 0. The fourth-order valence-electron chi connectivity index (χ4n) is 1.01. The molecule has 0 amide bonds. The topological polar surface area (TPSA) is 52.5 Å². The van der Waals surface area contributed by atoms with Crippen molar-refractivity contribution >= 4 is 23.4 Å². The van der Waals surface area contributed by atoms with E-state index < -0.39 is 0 Å². The van der Waals surface area contributed by atoms with Crippen LogP contribution in [-0.4, -0.2) is 9.97 Å². The smallest absolute Gasteiger partial charge is 0.0992 e. The second-order valence-corrected chi connectivity index (χ2v) is 2.25. The Morgan fingerprint density at radius 2 is 2.25 bits per heavy atom. The summed E-state index contributed by atoms with van der Waals surface area (Å²) in [4.78, 5) is 6.96. The molecule has 4 heteroatoms. The lowest BCUT2D eigenvalue weighted by Gasteiger charge is -1.87. The van der Waals surface area contributed by atoms with Gasteiger partial charge < -0.3 is 4.98 Å².